The Balaban J connectivity index is 2.80. The van der Waals surface area contributed by atoms with Crippen LogP contribution in [0.2, 0.25) is 0 Å². The van der Waals surface area contributed by atoms with E-state index in [0.29, 0.717) is 19.4 Å². The Morgan fingerprint density at radius 1 is 1.33 bits per heavy atom. The van der Waals surface area contributed by atoms with Crippen LogP contribution in [0.1, 0.15) is 32.3 Å². The number of benzene rings is 1. The lowest BCUT2D eigenvalue weighted by molar-refractivity contribution is -0.136. The van der Waals surface area contributed by atoms with E-state index in [2.05, 4.69) is 0 Å². The number of phenolic OH excluding ortho intramolecular Hbond substituents is 1. The minimum absolute atomic E-state index is 0.0873. The van der Waals surface area contributed by atoms with Crippen LogP contribution in [0.5, 0.6) is 5.75 Å². The molecule has 0 spiro atoms. The van der Waals surface area contributed by atoms with E-state index in [4.69, 9.17) is 5.73 Å². The summed E-state index contributed by atoms with van der Waals surface area (Å²) >= 11 is 0. The van der Waals surface area contributed by atoms with E-state index in [1.165, 1.54) is 0 Å². The zero-order valence-corrected chi connectivity index (χ0v) is 11.3. The van der Waals surface area contributed by atoms with Gasteiger partial charge in [0.25, 0.3) is 0 Å². The molecule has 4 nitrogen and oxygen atoms in total. The van der Waals surface area contributed by atoms with Crippen LogP contribution in [-0.4, -0.2) is 28.5 Å². The highest BCUT2D eigenvalue weighted by Crippen LogP contribution is 2.20. The molecule has 18 heavy (non-hydrogen) atoms. The monoisotopic (exact) mass is 250 g/mol. The molecule has 0 saturated heterocycles. The van der Waals surface area contributed by atoms with Crippen molar-refractivity contribution < 1.29 is 9.90 Å². The molecule has 0 atom stereocenters. The van der Waals surface area contributed by atoms with Gasteiger partial charge >= 0.3 is 0 Å². The summed E-state index contributed by atoms with van der Waals surface area (Å²) in [7, 11) is 1.71. The molecule has 0 fully saturated rings. The number of carbonyl (C=O) groups excluding carboxylic acids is 1. The molecule has 1 rings (SSSR count). The Kier molecular flexibility index (Phi) is 4.73. The average Bonchev–Trinajstić information content (AvgIpc) is 2.39. The number of amides is 1. The first-order valence-corrected chi connectivity index (χ1v) is 6.26. The predicted octanol–water partition coefficient (Wildman–Crippen LogP) is 1.87. The lowest BCUT2D eigenvalue weighted by Crippen LogP contribution is -2.53. The van der Waals surface area contributed by atoms with Gasteiger partial charge in [-0.3, -0.25) is 4.79 Å². The van der Waals surface area contributed by atoms with Crippen molar-refractivity contribution in [1.29, 1.82) is 0 Å². The summed E-state index contributed by atoms with van der Waals surface area (Å²) in [5, 5.41) is 9.69. The van der Waals surface area contributed by atoms with Gasteiger partial charge in [0, 0.05) is 19.2 Å². The van der Waals surface area contributed by atoms with E-state index in [9.17, 15) is 9.90 Å². The van der Waals surface area contributed by atoms with Crippen LogP contribution in [0.15, 0.2) is 24.3 Å². The molecule has 0 heterocycles. The quantitative estimate of drug-likeness (QED) is 0.838. The second-order valence-electron chi connectivity index (χ2n) is 4.65. The van der Waals surface area contributed by atoms with Crippen molar-refractivity contribution in [3.8, 4) is 5.75 Å². The molecule has 0 aliphatic rings. The third-order valence-electron chi connectivity index (χ3n) is 3.43. The van der Waals surface area contributed by atoms with E-state index in [1.54, 1.807) is 30.1 Å². The van der Waals surface area contributed by atoms with Gasteiger partial charge in [0.1, 0.15) is 5.75 Å². The fraction of sp³-hybridized carbons (Fsp3) is 0.500. The Labute approximate surface area is 108 Å². The van der Waals surface area contributed by atoms with Crippen molar-refractivity contribution in [2.75, 3.05) is 7.05 Å². The number of likely N-dealkylation sites (N-methyl/N-ethyl adjacent to an activating group) is 1. The van der Waals surface area contributed by atoms with Gasteiger partial charge in [-0.15, -0.1) is 0 Å². The van der Waals surface area contributed by atoms with Gasteiger partial charge in [-0.25, -0.2) is 0 Å². The van der Waals surface area contributed by atoms with Gasteiger partial charge in [-0.05, 0) is 18.9 Å². The number of carbonyl (C=O) groups is 1. The number of rotatable bonds is 5. The Morgan fingerprint density at radius 3 is 2.39 bits per heavy atom. The number of hydrogen-bond donors (Lipinski definition) is 2. The average molecular weight is 250 g/mol. The van der Waals surface area contributed by atoms with Crippen LogP contribution in [0.25, 0.3) is 0 Å². The first kappa shape index (κ1) is 14.5. The summed E-state index contributed by atoms with van der Waals surface area (Å²) in [6, 6.07) is 7.01. The molecule has 0 bridgehead atoms. The molecule has 1 aromatic carbocycles. The van der Waals surface area contributed by atoms with E-state index >= 15 is 0 Å². The third kappa shape index (κ3) is 3.01. The second kappa shape index (κ2) is 5.87. The topological polar surface area (TPSA) is 66.6 Å². The number of hydrogen-bond acceptors (Lipinski definition) is 3. The smallest absolute Gasteiger partial charge is 0.242 e. The largest absolute Gasteiger partial charge is 0.508 e. The van der Waals surface area contributed by atoms with Gasteiger partial charge in [0.15, 0.2) is 0 Å². The molecule has 0 radical (unpaired) electrons. The highest BCUT2D eigenvalue weighted by molar-refractivity contribution is 5.85. The minimum Gasteiger partial charge on any atom is -0.508 e. The van der Waals surface area contributed by atoms with E-state index in [-0.39, 0.29) is 11.7 Å². The molecule has 0 aliphatic carbocycles. The fourth-order valence-electron chi connectivity index (χ4n) is 1.90. The van der Waals surface area contributed by atoms with Crippen molar-refractivity contribution >= 4 is 5.91 Å². The number of aromatic hydroxyl groups is 1. The van der Waals surface area contributed by atoms with Crippen molar-refractivity contribution in [2.24, 2.45) is 5.73 Å². The predicted molar refractivity (Wildman–Crippen MR) is 72.1 cm³/mol. The molecule has 0 saturated carbocycles. The number of para-hydroxylation sites is 1. The maximum atomic E-state index is 12.3. The summed E-state index contributed by atoms with van der Waals surface area (Å²) in [4.78, 5) is 13.8. The Morgan fingerprint density at radius 2 is 1.89 bits per heavy atom. The molecule has 0 aromatic heterocycles. The molecule has 0 aliphatic heterocycles. The maximum Gasteiger partial charge on any atom is 0.242 e. The van der Waals surface area contributed by atoms with Crippen LogP contribution in [0.4, 0.5) is 0 Å². The van der Waals surface area contributed by atoms with Crippen molar-refractivity contribution in [3.05, 3.63) is 29.8 Å². The summed E-state index contributed by atoms with van der Waals surface area (Å²) in [5.41, 5.74) is 6.00. The minimum atomic E-state index is -0.806. The summed E-state index contributed by atoms with van der Waals surface area (Å²) in [6.07, 6.45) is 1.21. The molecular weight excluding hydrogens is 228 g/mol. The maximum absolute atomic E-state index is 12.3. The fourth-order valence-corrected chi connectivity index (χ4v) is 1.90. The molecular formula is C14H22N2O2. The number of nitrogens with two attached hydrogens (primary N) is 1. The van der Waals surface area contributed by atoms with Crippen molar-refractivity contribution in [3.63, 3.8) is 0 Å². The first-order chi connectivity index (χ1) is 8.44. The van der Waals surface area contributed by atoms with Crippen LogP contribution in [0, 0.1) is 0 Å². The summed E-state index contributed by atoms with van der Waals surface area (Å²) < 4.78 is 0. The van der Waals surface area contributed by atoms with Crippen LogP contribution >= 0.6 is 0 Å². The zero-order chi connectivity index (χ0) is 13.8. The molecule has 4 heteroatoms. The van der Waals surface area contributed by atoms with Gasteiger partial charge in [0.2, 0.25) is 5.91 Å². The molecule has 3 N–H and O–H groups in total. The van der Waals surface area contributed by atoms with Crippen LogP contribution in [0.3, 0.4) is 0 Å². The van der Waals surface area contributed by atoms with Gasteiger partial charge in [0.05, 0.1) is 5.54 Å². The highest BCUT2D eigenvalue weighted by Gasteiger charge is 2.32. The molecule has 1 amide bonds. The van der Waals surface area contributed by atoms with Crippen molar-refractivity contribution in [1.82, 2.24) is 4.90 Å². The van der Waals surface area contributed by atoms with E-state index in [0.717, 1.165) is 5.56 Å². The lowest BCUT2D eigenvalue weighted by Gasteiger charge is -2.30. The number of nitrogens with zero attached hydrogens (tertiary/aromatic N) is 1. The third-order valence-corrected chi connectivity index (χ3v) is 3.43. The normalized spacial score (nSPS) is 11.3. The number of phenols is 1. The lowest BCUT2D eigenvalue weighted by atomic mass is 9.92. The Hall–Kier alpha value is -1.55. The van der Waals surface area contributed by atoms with E-state index in [1.807, 2.05) is 19.9 Å². The zero-order valence-electron chi connectivity index (χ0n) is 11.3. The summed E-state index contributed by atoms with van der Waals surface area (Å²) in [5.74, 6) is 0.114. The first-order valence-electron chi connectivity index (χ1n) is 6.26. The second-order valence-corrected chi connectivity index (χ2v) is 4.65. The van der Waals surface area contributed by atoms with Gasteiger partial charge in [-0.2, -0.15) is 0 Å². The molecule has 100 valence electrons. The van der Waals surface area contributed by atoms with Crippen LogP contribution in [-0.2, 0) is 11.3 Å². The van der Waals surface area contributed by atoms with Gasteiger partial charge in [-0.1, -0.05) is 32.0 Å². The molecule has 0 unspecified atom stereocenters. The highest BCUT2D eigenvalue weighted by atomic mass is 16.3. The van der Waals surface area contributed by atoms with Gasteiger partial charge < -0.3 is 15.7 Å². The Bertz CT molecular complexity index is 414. The summed E-state index contributed by atoms with van der Waals surface area (Å²) in [6.45, 7) is 4.19. The standard InChI is InChI=1S/C14H22N2O2/c1-4-14(15,5-2)13(18)16(3)10-11-8-6-7-9-12(11)17/h6-9,17H,4-5,10,15H2,1-3H3. The van der Waals surface area contributed by atoms with Crippen LogP contribution < -0.4 is 5.73 Å². The van der Waals surface area contributed by atoms with E-state index < -0.39 is 5.54 Å². The SMILES string of the molecule is CCC(N)(CC)C(=O)N(C)Cc1ccccc1O. The van der Waals surface area contributed by atoms with Crippen molar-refractivity contribution in [2.45, 2.75) is 38.8 Å². The molecule has 1 aromatic rings.